The van der Waals surface area contributed by atoms with E-state index in [0.29, 0.717) is 12.2 Å². The molecule has 0 radical (unpaired) electrons. The first-order chi connectivity index (χ1) is 15.5. The molecule has 0 saturated heterocycles. The normalized spacial score (nSPS) is 11.9. The Hall–Kier alpha value is -3.97. The first kappa shape index (κ1) is 21.3. The van der Waals surface area contributed by atoms with E-state index in [-0.39, 0.29) is 23.2 Å². The van der Waals surface area contributed by atoms with E-state index in [2.05, 4.69) is 10.6 Å². The van der Waals surface area contributed by atoms with Crippen molar-refractivity contribution in [2.24, 2.45) is 0 Å². The van der Waals surface area contributed by atoms with Gasteiger partial charge in [0.05, 0.1) is 13.2 Å². The van der Waals surface area contributed by atoms with Crippen LogP contribution in [-0.4, -0.2) is 7.11 Å². The predicted octanol–water partition coefficient (Wildman–Crippen LogP) is 3.64. The van der Waals surface area contributed by atoms with Crippen LogP contribution >= 0.6 is 0 Å². The summed E-state index contributed by atoms with van der Waals surface area (Å²) in [4.78, 5) is 23.2. The molecule has 4 rings (SSSR count). The molecule has 1 atom stereocenters. The van der Waals surface area contributed by atoms with E-state index < -0.39 is 10.9 Å². The number of hydrogen-bond acceptors (Lipinski definition) is 6. The van der Waals surface area contributed by atoms with Gasteiger partial charge >= 0.3 is 0 Å². The number of anilines is 3. The van der Waals surface area contributed by atoms with Gasteiger partial charge in [-0.05, 0) is 53.1 Å². The molecule has 0 bridgehead atoms. The lowest BCUT2D eigenvalue weighted by Gasteiger charge is -2.21. The van der Waals surface area contributed by atoms with Gasteiger partial charge in [-0.2, -0.15) is 0 Å². The fourth-order valence-corrected chi connectivity index (χ4v) is 3.56. The molecular weight excluding hydrogens is 409 g/mol. The van der Waals surface area contributed by atoms with Crippen LogP contribution in [0, 0.1) is 5.82 Å². The van der Waals surface area contributed by atoms with Gasteiger partial charge in [-0.25, -0.2) is 4.39 Å². The van der Waals surface area contributed by atoms with E-state index in [0.717, 1.165) is 22.4 Å². The zero-order chi connectivity index (χ0) is 22.7. The van der Waals surface area contributed by atoms with E-state index in [1.54, 1.807) is 19.2 Å². The first-order valence-corrected chi connectivity index (χ1v) is 10.0. The van der Waals surface area contributed by atoms with Crippen LogP contribution in [-0.2, 0) is 6.54 Å². The Balaban J connectivity index is 1.64. The Morgan fingerprint density at radius 1 is 0.938 bits per heavy atom. The van der Waals surface area contributed by atoms with Crippen molar-refractivity contribution in [2.45, 2.75) is 12.6 Å². The molecular formula is C25H22FN3O3. The number of rotatable bonds is 8. The van der Waals surface area contributed by atoms with Crippen LogP contribution in [0.25, 0.3) is 0 Å². The van der Waals surface area contributed by atoms with Gasteiger partial charge in [0.25, 0.3) is 10.9 Å². The Kier molecular flexibility index (Phi) is 6.00. The fraction of sp³-hybridized carbons (Fsp3) is 0.120. The Labute approximate surface area is 184 Å². The van der Waals surface area contributed by atoms with E-state index in [4.69, 9.17) is 10.5 Å². The molecule has 0 saturated carbocycles. The third-order valence-corrected chi connectivity index (χ3v) is 5.29. The molecule has 1 unspecified atom stereocenters. The molecule has 162 valence electrons. The summed E-state index contributed by atoms with van der Waals surface area (Å²) in [5, 5.41) is 6.41. The molecule has 0 fully saturated rings. The van der Waals surface area contributed by atoms with Gasteiger partial charge in [0.15, 0.2) is 0 Å². The summed E-state index contributed by atoms with van der Waals surface area (Å²) in [6.45, 7) is 0.442. The minimum Gasteiger partial charge on any atom is -0.497 e. The zero-order valence-electron chi connectivity index (χ0n) is 17.4. The third-order valence-electron chi connectivity index (χ3n) is 5.29. The Morgan fingerprint density at radius 2 is 1.69 bits per heavy atom. The van der Waals surface area contributed by atoms with E-state index in [1.165, 1.54) is 12.1 Å². The van der Waals surface area contributed by atoms with E-state index in [9.17, 15) is 14.0 Å². The second-order valence-corrected chi connectivity index (χ2v) is 7.41. The summed E-state index contributed by atoms with van der Waals surface area (Å²) < 4.78 is 18.9. The van der Waals surface area contributed by atoms with Crippen molar-refractivity contribution in [3.05, 3.63) is 116 Å². The van der Waals surface area contributed by atoms with E-state index >= 15 is 0 Å². The smallest absolute Gasteiger partial charge is 0.253 e. The lowest BCUT2D eigenvalue weighted by Crippen LogP contribution is -2.36. The number of nitrogens with one attached hydrogen (secondary N) is 2. The summed E-state index contributed by atoms with van der Waals surface area (Å²) in [6, 6.07) is 21.3. The topological polar surface area (TPSA) is 93.4 Å². The van der Waals surface area contributed by atoms with Gasteiger partial charge in [0.1, 0.15) is 22.9 Å². The maximum atomic E-state index is 13.6. The van der Waals surface area contributed by atoms with Crippen molar-refractivity contribution >= 4 is 17.1 Å². The maximum Gasteiger partial charge on any atom is 0.253 e. The third kappa shape index (κ3) is 4.38. The molecule has 0 aliphatic carbocycles. The summed E-state index contributed by atoms with van der Waals surface area (Å²) in [5.41, 5.74) is 7.74. The standard InChI is InChI=1S/C25H22FN3O3/c1-32-20-10-8-16(9-11-20)22(28-14-15-4-2-6-18(26)12-15)17-5-3-7-19(13-17)29-23-21(27)24(30)25(23)31/h2-13,22,28-29H,14,27H2,1H3. The van der Waals surface area contributed by atoms with Crippen LogP contribution in [0.15, 0.2) is 82.4 Å². The average Bonchev–Trinajstić information content (AvgIpc) is 2.82. The molecule has 6 nitrogen and oxygen atoms in total. The summed E-state index contributed by atoms with van der Waals surface area (Å²) in [7, 11) is 1.61. The first-order valence-electron chi connectivity index (χ1n) is 10.0. The van der Waals surface area contributed by atoms with Gasteiger partial charge in [0, 0.05) is 12.2 Å². The second-order valence-electron chi connectivity index (χ2n) is 7.41. The van der Waals surface area contributed by atoms with Crippen LogP contribution in [0.2, 0.25) is 0 Å². The van der Waals surface area contributed by atoms with Crippen molar-refractivity contribution in [1.29, 1.82) is 0 Å². The number of nitrogens with two attached hydrogens (primary N) is 1. The zero-order valence-corrected chi connectivity index (χ0v) is 17.4. The number of hydrogen-bond donors (Lipinski definition) is 3. The molecule has 0 heterocycles. The molecule has 0 aromatic heterocycles. The fourth-order valence-electron chi connectivity index (χ4n) is 3.56. The summed E-state index contributed by atoms with van der Waals surface area (Å²) >= 11 is 0. The second kappa shape index (κ2) is 9.03. The van der Waals surface area contributed by atoms with Crippen LogP contribution in [0.5, 0.6) is 5.75 Å². The van der Waals surface area contributed by atoms with E-state index in [1.807, 2.05) is 48.5 Å². The highest BCUT2D eigenvalue weighted by Gasteiger charge is 2.19. The molecule has 7 heteroatoms. The lowest BCUT2D eigenvalue weighted by atomic mass is 9.97. The monoisotopic (exact) mass is 431 g/mol. The molecule has 4 aromatic rings. The average molecular weight is 431 g/mol. The molecule has 0 aliphatic heterocycles. The molecule has 0 aliphatic rings. The minimum absolute atomic E-state index is 0.0589. The minimum atomic E-state index is -0.670. The molecule has 32 heavy (non-hydrogen) atoms. The summed E-state index contributed by atoms with van der Waals surface area (Å²) in [5.74, 6) is 0.450. The molecule has 0 spiro atoms. The highest BCUT2D eigenvalue weighted by molar-refractivity contribution is 5.76. The molecule has 0 amide bonds. The quantitative estimate of drug-likeness (QED) is 0.369. The Morgan fingerprint density at radius 3 is 2.38 bits per heavy atom. The Bertz CT molecular complexity index is 1310. The largest absolute Gasteiger partial charge is 0.497 e. The number of ether oxygens (including phenoxy) is 1. The van der Waals surface area contributed by atoms with Gasteiger partial charge in [0.2, 0.25) is 0 Å². The van der Waals surface area contributed by atoms with Gasteiger partial charge in [-0.3, -0.25) is 9.59 Å². The van der Waals surface area contributed by atoms with Crippen molar-refractivity contribution < 1.29 is 9.13 Å². The van der Waals surface area contributed by atoms with Crippen LogP contribution in [0.4, 0.5) is 21.5 Å². The van der Waals surface area contributed by atoms with Crippen LogP contribution in [0.1, 0.15) is 22.7 Å². The molecule has 4 aromatic carbocycles. The lowest BCUT2D eigenvalue weighted by molar-refractivity contribution is 0.414. The molecule has 4 N–H and O–H groups in total. The van der Waals surface area contributed by atoms with Crippen molar-refractivity contribution in [1.82, 2.24) is 5.32 Å². The van der Waals surface area contributed by atoms with Crippen molar-refractivity contribution in [3.8, 4) is 5.75 Å². The summed E-state index contributed by atoms with van der Waals surface area (Å²) in [6.07, 6.45) is 0. The SMILES string of the molecule is COc1ccc(C(NCc2cccc(F)c2)c2cccc(Nc3c(N)c(=O)c3=O)c2)cc1. The highest BCUT2D eigenvalue weighted by Crippen LogP contribution is 2.28. The van der Waals surface area contributed by atoms with Crippen LogP contribution < -0.4 is 32.0 Å². The number of halogens is 1. The highest BCUT2D eigenvalue weighted by atomic mass is 19.1. The van der Waals surface area contributed by atoms with Crippen LogP contribution in [0.3, 0.4) is 0 Å². The van der Waals surface area contributed by atoms with Gasteiger partial charge < -0.3 is 21.1 Å². The number of methoxy groups -OCH3 is 1. The van der Waals surface area contributed by atoms with Crippen molar-refractivity contribution in [3.63, 3.8) is 0 Å². The number of benzene rings is 3. The maximum absolute atomic E-state index is 13.6. The number of nitrogen functional groups attached to an aromatic ring is 1. The van der Waals surface area contributed by atoms with Crippen molar-refractivity contribution in [2.75, 3.05) is 18.2 Å². The predicted molar refractivity (Wildman–Crippen MR) is 124 cm³/mol. The van der Waals surface area contributed by atoms with Gasteiger partial charge in [-0.1, -0.05) is 36.4 Å². The van der Waals surface area contributed by atoms with Gasteiger partial charge in [-0.15, -0.1) is 0 Å².